The van der Waals surface area contributed by atoms with E-state index in [9.17, 15) is 4.79 Å². The van der Waals surface area contributed by atoms with Crippen molar-refractivity contribution < 1.29 is 14.3 Å². The van der Waals surface area contributed by atoms with E-state index in [4.69, 9.17) is 9.47 Å². The number of amides is 1. The van der Waals surface area contributed by atoms with E-state index in [0.29, 0.717) is 38.0 Å². The van der Waals surface area contributed by atoms with Crippen LogP contribution in [0.5, 0.6) is 0 Å². The quantitative estimate of drug-likeness (QED) is 0.619. The number of ether oxygens (including phenoxy) is 2. The second-order valence-corrected chi connectivity index (χ2v) is 5.99. The normalized spacial score (nSPS) is 16.9. The molecule has 0 aromatic rings. The Balaban J connectivity index is 0.00000441. The van der Waals surface area contributed by atoms with Gasteiger partial charge in [0.2, 0.25) is 5.91 Å². The molecule has 0 spiro atoms. The highest BCUT2D eigenvalue weighted by molar-refractivity contribution is 5.85. The van der Waals surface area contributed by atoms with Gasteiger partial charge < -0.3 is 19.7 Å². The second-order valence-electron chi connectivity index (χ2n) is 5.99. The van der Waals surface area contributed by atoms with Gasteiger partial charge in [-0.2, -0.15) is 0 Å². The lowest BCUT2D eigenvalue weighted by molar-refractivity contribution is -0.133. The van der Waals surface area contributed by atoms with E-state index >= 15 is 0 Å². The third-order valence-electron chi connectivity index (χ3n) is 4.38. The summed E-state index contributed by atoms with van der Waals surface area (Å²) in [6.07, 6.45) is 3.92. The van der Waals surface area contributed by atoms with Gasteiger partial charge in [-0.3, -0.25) is 4.79 Å². The van der Waals surface area contributed by atoms with Crippen LogP contribution < -0.4 is 5.32 Å². The molecular weight excluding hydrogens is 304 g/mol. The van der Waals surface area contributed by atoms with Crippen LogP contribution in [0.1, 0.15) is 32.6 Å². The van der Waals surface area contributed by atoms with Crippen LogP contribution in [0.15, 0.2) is 0 Å². The minimum absolute atomic E-state index is 0. The fraction of sp³-hybridized carbons (Fsp3) is 0.938. The molecular formula is C16H33ClN2O3. The number of nitrogens with zero attached hydrogens (tertiary/aromatic N) is 1. The van der Waals surface area contributed by atoms with Gasteiger partial charge in [0.25, 0.3) is 0 Å². The van der Waals surface area contributed by atoms with Gasteiger partial charge in [-0.05, 0) is 44.2 Å². The lowest BCUT2D eigenvalue weighted by Crippen LogP contribution is -2.38. The average Bonchev–Trinajstić information content (AvgIpc) is 2.51. The molecule has 1 fully saturated rings. The number of halogens is 1. The van der Waals surface area contributed by atoms with Gasteiger partial charge >= 0.3 is 0 Å². The van der Waals surface area contributed by atoms with Gasteiger partial charge in [-0.15, -0.1) is 12.4 Å². The van der Waals surface area contributed by atoms with E-state index in [-0.39, 0.29) is 18.3 Å². The maximum atomic E-state index is 12.5. The summed E-state index contributed by atoms with van der Waals surface area (Å²) in [6, 6.07) is 0. The minimum atomic E-state index is 0. The first kappa shape index (κ1) is 21.6. The number of carbonyl (C=O) groups is 1. The number of rotatable bonds is 10. The van der Waals surface area contributed by atoms with Crippen LogP contribution in [0.4, 0.5) is 0 Å². The molecule has 1 saturated heterocycles. The van der Waals surface area contributed by atoms with Crippen LogP contribution in [0, 0.1) is 11.8 Å². The number of carbonyl (C=O) groups excluding carboxylic acids is 1. The smallest absolute Gasteiger partial charge is 0.222 e. The van der Waals surface area contributed by atoms with Crippen LogP contribution >= 0.6 is 12.4 Å². The van der Waals surface area contributed by atoms with Gasteiger partial charge in [0, 0.05) is 40.3 Å². The summed E-state index contributed by atoms with van der Waals surface area (Å²) >= 11 is 0. The SMILES string of the molecule is COCCCN(CCOC)C(=O)CC(C)C1CCNCC1.Cl. The molecule has 1 unspecified atom stereocenters. The average molecular weight is 337 g/mol. The summed E-state index contributed by atoms with van der Waals surface area (Å²) in [7, 11) is 3.37. The second kappa shape index (κ2) is 13.1. The van der Waals surface area contributed by atoms with E-state index in [1.807, 2.05) is 4.90 Å². The molecule has 0 aliphatic carbocycles. The molecule has 6 heteroatoms. The van der Waals surface area contributed by atoms with E-state index in [1.54, 1.807) is 14.2 Å². The van der Waals surface area contributed by atoms with Crippen molar-refractivity contribution in [3.63, 3.8) is 0 Å². The molecule has 1 heterocycles. The lowest BCUT2D eigenvalue weighted by Gasteiger charge is -2.30. The van der Waals surface area contributed by atoms with Crippen molar-refractivity contribution in [1.82, 2.24) is 10.2 Å². The Morgan fingerprint density at radius 3 is 2.41 bits per heavy atom. The Kier molecular flexibility index (Phi) is 12.9. The lowest BCUT2D eigenvalue weighted by atomic mass is 9.84. The number of nitrogens with one attached hydrogen (secondary N) is 1. The van der Waals surface area contributed by atoms with Gasteiger partial charge in [-0.1, -0.05) is 6.92 Å². The van der Waals surface area contributed by atoms with Crippen LogP contribution in [0.25, 0.3) is 0 Å². The maximum Gasteiger partial charge on any atom is 0.222 e. The molecule has 1 N–H and O–H groups in total. The van der Waals surface area contributed by atoms with E-state index in [2.05, 4.69) is 12.2 Å². The first-order valence-electron chi connectivity index (χ1n) is 8.15. The van der Waals surface area contributed by atoms with Gasteiger partial charge in [0.15, 0.2) is 0 Å². The molecule has 0 aromatic heterocycles. The monoisotopic (exact) mass is 336 g/mol. The molecule has 1 aliphatic heterocycles. The molecule has 22 heavy (non-hydrogen) atoms. The summed E-state index contributed by atoms with van der Waals surface area (Å²) < 4.78 is 10.2. The highest BCUT2D eigenvalue weighted by atomic mass is 35.5. The van der Waals surface area contributed by atoms with Crippen molar-refractivity contribution in [2.45, 2.75) is 32.6 Å². The summed E-state index contributed by atoms with van der Waals surface area (Å²) in [5.74, 6) is 1.40. The molecule has 5 nitrogen and oxygen atoms in total. The van der Waals surface area contributed by atoms with E-state index < -0.39 is 0 Å². The highest BCUT2D eigenvalue weighted by Crippen LogP contribution is 2.24. The summed E-state index contributed by atoms with van der Waals surface area (Å²) in [5.41, 5.74) is 0. The van der Waals surface area contributed by atoms with Crippen molar-refractivity contribution in [2.75, 3.05) is 53.6 Å². The van der Waals surface area contributed by atoms with Crippen molar-refractivity contribution in [2.24, 2.45) is 11.8 Å². The maximum absolute atomic E-state index is 12.5. The van der Waals surface area contributed by atoms with Gasteiger partial charge in [0.05, 0.1) is 6.61 Å². The zero-order valence-corrected chi connectivity index (χ0v) is 15.1. The summed E-state index contributed by atoms with van der Waals surface area (Å²) in [4.78, 5) is 14.4. The fourth-order valence-electron chi connectivity index (χ4n) is 2.95. The minimum Gasteiger partial charge on any atom is -0.385 e. The molecule has 0 radical (unpaired) electrons. The van der Waals surface area contributed by atoms with Crippen molar-refractivity contribution in [3.05, 3.63) is 0 Å². The zero-order valence-electron chi connectivity index (χ0n) is 14.3. The van der Waals surface area contributed by atoms with Crippen molar-refractivity contribution in [3.8, 4) is 0 Å². The Morgan fingerprint density at radius 1 is 1.18 bits per heavy atom. The molecule has 0 saturated carbocycles. The van der Waals surface area contributed by atoms with Crippen LogP contribution in [-0.4, -0.2) is 64.4 Å². The molecule has 1 rings (SSSR count). The topological polar surface area (TPSA) is 50.8 Å². The summed E-state index contributed by atoms with van der Waals surface area (Å²) in [6.45, 7) is 7.13. The van der Waals surface area contributed by atoms with E-state index in [1.165, 1.54) is 12.8 Å². The van der Waals surface area contributed by atoms with E-state index in [0.717, 1.165) is 26.1 Å². The molecule has 0 aromatic carbocycles. The Bertz CT molecular complexity index is 287. The predicted molar refractivity (Wildman–Crippen MR) is 91.6 cm³/mol. The van der Waals surface area contributed by atoms with Gasteiger partial charge in [-0.25, -0.2) is 0 Å². The molecule has 1 amide bonds. The third kappa shape index (κ3) is 8.32. The first-order valence-corrected chi connectivity index (χ1v) is 8.15. The van der Waals surface area contributed by atoms with Crippen molar-refractivity contribution >= 4 is 18.3 Å². The molecule has 1 aliphatic rings. The van der Waals surface area contributed by atoms with Crippen molar-refractivity contribution in [1.29, 1.82) is 0 Å². The third-order valence-corrected chi connectivity index (χ3v) is 4.38. The number of hydrogen-bond acceptors (Lipinski definition) is 4. The Hall–Kier alpha value is -0.360. The number of methoxy groups -OCH3 is 2. The van der Waals surface area contributed by atoms with Crippen LogP contribution in [0.2, 0.25) is 0 Å². The Labute approximate surface area is 141 Å². The molecule has 132 valence electrons. The van der Waals surface area contributed by atoms with Crippen LogP contribution in [0.3, 0.4) is 0 Å². The molecule has 1 atom stereocenters. The van der Waals surface area contributed by atoms with Crippen LogP contribution in [-0.2, 0) is 14.3 Å². The summed E-state index contributed by atoms with van der Waals surface area (Å²) in [5, 5.41) is 3.38. The Morgan fingerprint density at radius 2 is 1.82 bits per heavy atom. The number of piperidine rings is 1. The fourth-order valence-corrected chi connectivity index (χ4v) is 2.95. The largest absolute Gasteiger partial charge is 0.385 e. The number of hydrogen-bond donors (Lipinski definition) is 1. The predicted octanol–water partition coefficient (Wildman–Crippen LogP) is 1.95. The highest BCUT2D eigenvalue weighted by Gasteiger charge is 2.24. The first-order chi connectivity index (χ1) is 10.2. The zero-order chi connectivity index (χ0) is 15.5. The van der Waals surface area contributed by atoms with Gasteiger partial charge in [0.1, 0.15) is 0 Å². The standard InChI is InChI=1S/C16H32N2O3.ClH/c1-14(15-5-7-17-8-6-15)13-16(19)18(10-12-21-3)9-4-11-20-2;/h14-15,17H,4-13H2,1-3H3;1H. The molecule has 0 bridgehead atoms.